The molecule has 84 valence electrons. The summed E-state index contributed by atoms with van der Waals surface area (Å²) >= 11 is 0. The molecule has 4 fully saturated rings. The average Bonchev–Trinajstić information content (AvgIpc) is 3.09. The molecule has 2 saturated heterocycles. The fourth-order valence-electron chi connectivity index (χ4n) is 3.78. The first-order chi connectivity index (χ1) is 7.37. The number of ether oxygens (including phenoxy) is 1. The summed E-state index contributed by atoms with van der Waals surface area (Å²) in [4.78, 5) is 2.75. The van der Waals surface area contributed by atoms with E-state index in [0.29, 0.717) is 5.60 Å². The van der Waals surface area contributed by atoms with Crippen LogP contribution in [0.3, 0.4) is 0 Å². The second-order valence-corrected chi connectivity index (χ2v) is 6.17. The lowest BCUT2D eigenvalue weighted by molar-refractivity contribution is -0.169. The van der Waals surface area contributed by atoms with Crippen molar-refractivity contribution in [3.63, 3.8) is 0 Å². The van der Waals surface area contributed by atoms with E-state index in [-0.39, 0.29) is 0 Å². The summed E-state index contributed by atoms with van der Waals surface area (Å²) in [6.45, 7) is 3.66. The van der Waals surface area contributed by atoms with Crippen LogP contribution < -0.4 is 0 Å². The normalized spacial score (nSPS) is 46.0. The highest BCUT2D eigenvalue weighted by atomic mass is 16.5. The number of likely N-dealkylation sites (tertiary alicyclic amines) is 1. The summed E-state index contributed by atoms with van der Waals surface area (Å²) in [5, 5.41) is 0. The molecule has 0 bridgehead atoms. The van der Waals surface area contributed by atoms with Gasteiger partial charge < -0.3 is 4.74 Å². The molecular weight excluding hydrogens is 186 g/mol. The highest BCUT2D eigenvalue weighted by molar-refractivity contribution is 5.14. The topological polar surface area (TPSA) is 12.5 Å². The molecule has 4 aliphatic rings. The molecule has 0 radical (unpaired) electrons. The zero-order chi connectivity index (χ0) is 9.88. The van der Waals surface area contributed by atoms with Gasteiger partial charge in [0.15, 0.2) is 0 Å². The maximum atomic E-state index is 6.08. The van der Waals surface area contributed by atoms with Gasteiger partial charge in [0.1, 0.15) is 0 Å². The van der Waals surface area contributed by atoms with Crippen LogP contribution in [0.5, 0.6) is 0 Å². The molecular formula is C13H21NO. The van der Waals surface area contributed by atoms with E-state index in [0.717, 1.165) is 24.5 Å². The molecule has 2 heteroatoms. The van der Waals surface area contributed by atoms with Crippen LogP contribution in [0.25, 0.3) is 0 Å². The van der Waals surface area contributed by atoms with Gasteiger partial charge >= 0.3 is 0 Å². The average molecular weight is 207 g/mol. The van der Waals surface area contributed by atoms with E-state index < -0.39 is 0 Å². The van der Waals surface area contributed by atoms with Crippen LogP contribution in [-0.4, -0.2) is 36.2 Å². The Bertz CT molecular complexity index is 264. The predicted octanol–water partition coefficient (Wildman–Crippen LogP) is 2.04. The van der Waals surface area contributed by atoms with Crippen molar-refractivity contribution >= 4 is 0 Å². The lowest BCUT2D eigenvalue weighted by Crippen LogP contribution is -2.70. The Labute approximate surface area is 92.0 Å². The molecule has 0 aromatic rings. The molecule has 15 heavy (non-hydrogen) atoms. The van der Waals surface area contributed by atoms with Gasteiger partial charge in [-0.15, -0.1) is 0 Å². The minimum absolute atomic E-state index is 0.329. The number of rotatable bonds is 3. The van der Waals surface area contributed by atoms with Gasteiger partial charge in [-0.05, 0) is 50.4 Å². The van der Waals surface area contributed by atoms with Gasteiger partial charge in [0.25, 0.3) is 0 Å². The summed E-state index contributed by atoms with van der Waals surface area (Å²) in [7, 11) is 0. The predicted molar refractivity (Wildman–Crippen MR) is 58.7 cm³/mol. The van der Waals surface area contributed by atoms with Gasteiger partial charge in [-0.3, -0.25) is 4.90 Å². The SMILES string of the molecule is C1COC2(C1)CN(CC1CC1)C2C1CC1. The van der Waals surface area contributed by atoms with Gasteiger partial charge in [-0.25, -0.2) is 0 Å². The van der Waals surface area contributed by atoms with Crippen LogP contribution in [0.2, 0.25) is 0 Å². The Morgan fingerprint density at radius 2 is 2.07 bits per heavy atom. The van der Waals surface area contributed by atoms with E-state index in [2.05, 4.69) is 4.90 Å². The van der Waals surface area contributed by atoms with Crippen molar-refractivity contribution in [2.24, 2.45) is 11.8 Å². The van der Waals surface area contributed by atoms with Crippen molar-refractivity contribution in [2.75, 3.05) is 19.7 Å². The van der Waals surface area contributed by atoms with E-state index in [1.165, 1.54) is 51.6 Å². The molecule has 2 aliphatic heterocycles. The quantitative estimate of drug-likeness (QED) is 0.702. The van der Waals surface area contributed by atoms with Crippen LogP contribution in [0.4, 0.5) is 0 Å². The summed E-state index contributed by atoms with van der Waals surface area (Å²) in [6.07, 6.45) is 8.56. The van der Waals surface area contributed by atoms with Gasteiger partial charge in [0.2, 0.25) is 0 Å². The maximum absolute atomic E-state index is 6.08. The van der Waals surface area contributed by atoms with Gasteiger partial charge in [-0.2, -0.15) is 0 Å². The number of nitrogens with zero attached hydrogens (tertiary/aromatic N) is 1. The Kier molecular flexibility index (Phi) is 1.79. The molecule has 2 aliphatic carbocycles. The summed E-state index contributed by atoms with van der Waals surface area (Å²) in [5.74, 6) is 2.04. The highest BCUT2D eigenvalue weighted by Crippen LogP contribution is 2.52. The zero-order valence-corrected chi connectivity index (χ0v) is 9.45. The third-order valence-corrected chi connectivity index (χ3v) is 4.80. The van der Waals surface area contributed by atoms with Crippen LogP contribution in [0.1, 0.15) is 38.5 Å². The fourth-order valence-corrected chi connectivity index (χ4v) is 3.78. The molecule has 0 amide bonds. The minimum Gasteiger partial charge on any atom is -0.372 e. The van der Waals surface area contributed by atoms with E-state index in [9.17, 15) is 0 Å². The molecule has 1 spiro atoms. The number of hydrogen-bond donors (Lipinski definition) is 0. The Morgan fingerprint density at radius 3 is 2.67 bits per heavy atom. The van der Waals surface area contributed by atoms with Crippen LogP contribution in [-0.2, 0) is 4.74 Å². The van der Waals surface area contributed by atoms with E-state index >= 15 is 0 Å². The monoisotopic (exact) mass is 207 g/mol. The standard InChI is InChI=1S/C13H21NO/c1-6-13(15-7-1)9-14(8-10-2-3-10)12(13)11-4-5-11/h10-12H,1-9H2. The molecule has 2 heterocycles. The lowest BCUT2D eigenvalue weighted by Gasteiger charge is -2.56. The molecule has 2 unspecified atom stereocenters. The molecule has 2 saturated carbocycles. The van der Waals surface area contributed by atoms with E-state index in [1.807, 2.05) is 0 Å². The second kappa shape index (κ2) is 2.98. The van der Waals surface area contributed by atoms with E-state index in [1.54, 1.807) is 0 Å². The second-order valence-electron chi connectivity index (χ2n) is 6.17. The first-order valence-corrected chi connectivity index (χ1v) is 6.75. The van der Waals surface area contributed by atoms with Crippen LogP contribution in [0, 0.1) is 11.8 Å². The highest BCUT2D eigenvalue weighted by Gasteiger charge is 2.60. The first-order valence-electron chi connectivity index (χ1n) is 6.75. The maximum Gasteiger partial charge on any atom is 0.0966 e. The fraction of sp³-hybridized carbons (Fsp3) is 1.00. The summed E-state index contributed by atoms with van der Waals surface area (Å²) < 4.78 is 6.08. The van der Waals surface area contributed by atoms with Gasteiger partial charge in [-0.1, -0.05) is 0 Å². The van der Waals surface area contributed by atoms with E-state index in [4.69, 9.17) is 4.74 Å². The smallest absolute Gasteiger partial charge is 0.0966 e. The number of hydrogen-bond acceptors (Lipinski definition) is 2. The molecule has 0 aromatic carbocycles. The van der Waals surface area contributed by atoms with Crippen molar-refractivity contribution < 1.29 is 4.74 Å². The summed E-state index contributed by atoms with van der Waals surface area (Å²) in [6, 6.07) is 0.820. The van der Waals surface area contributed by atoms with Crippen molar-refractivity contribution in [3.8, 4) is 0 Å². The Morgan fingerprint density at radius 1 is 1.20 bits per heavy atom. The van der Waals surface area contributed by atoms with Crippen LogP contribution >= 0.6 is 0 Å². The van der Waals surface area contributed by atoms with Crippen molar-refractivity contribution in [1.29, 1.82) is 0 Å². The molecule has 0 aromatic heterocycles. The largest absolute Gasteiger partial charge is 0.372 e. The molecule has 0 N–H and O–H groups in total. The lowest BCUT2D eigenvalue weighted by atomic mass is 9.78. The molecule has 2 atom stereocenters. The third-order valence-electron chi connectivity index (χ3n) is 4.80. The van der Waals surface area contributed by atoms with Gasteiger partial charge in [0.05, 0.1) is 5.60 Å². The third kappa shape index (κ3) is 1.38. The first kappa shape index (κ1) is 9.00. The Hall–Kier alpha value is -0.0800. The van der Waals surface area contributed by atoms with Crippen molar-refractivity contribution in [1.82, 2.24) is 4.90 Å². The van der Waals surface area contributed by atoms with Crippen LogP contribution in [0.15, 0.2) is 0 Å². The molecule has 2 nitrogen and oxygen atoms in total. The summed E-state index contributed by atoms with van der Waals surface area (Å²) in [5.41, 5.74) is 0.329. The van der Waals surface area contributed by atoms with Gasteiger partial charge in [0, 0.05) is 25.7 Å². The zero-order valence-electron chi connectivity index (χ0n) is 9.45. The van der Waals surface area contributed by atoms with Crippen molar-refractivity contribution in [2.45, 2.75) is 50.2 Å². The Balaban J connectivity index is 1.48. The van der Waals surface area contributed by atoms with Crippen molar-refractivity contribution in [3.05, 3.63) is 0 Å². The molecule has 4 rings (SSSR count). The minimum atomic E-state index is 0.329.